The van der Waals surface area contributed by atoms with Crippen LogP contribution in [0.25, 0.3) is 22.3 Å². The van der Waals surface area contributed by atoms with Crippen LogP contribution in [-0.2, 0) is 6.54 Å². The van der Waals surface area contributed by atoms with E-state index in [4.69, 9.17) is 4.74 Å². The first kappa shape index (κ1) is 25.6. The lowest BCUT2D eigenvalue weighted by molar-refractivity contribution is 0.0939. The van der Waals surface area contributed by atoms with Crippen molar-refractivity contribution < 1.29 is 14.3 Å². The van der Waals surface area contributed by atoms with E-state index in [1.165, 1.54) is 0 Å². The topological polar surface area (TPSA) is 71.5 Å². The van der Waals surface area contributed by atoms with Crippen LogP contribution in [0.3, 0.4) is 0 Å². The molecule has 37 heavy (non-hydrogen) atoms. The Bertz CT molecular complexity index is 1340. The summed E-state index contributed by atoms with van der Waals surface area (Å²) in [7, 11) is 1.72. The lowest BCUT2D eigenvalue weighted by Crippen LogP contribution is -2.31. The second-order valence-electron chi connectivity index (χ2n) is 9.04. The van der Waals surface area contributed by atoms with Gasteiger partial charge in [-0.15, -0.1) is 0 Å². The molecule has 1 heterocycles. The summed E-state index contributed by atoms with van der Waals surface area (Å²) in [4.78, 5) is 30.6. The fourth-order valence-corrected chi connectivity index (χ4v) is 3.85. The first-order chi connectivity index (χ1) is 17.9. The van der Waals surface area contributed by atoms with Crippen LogP contribution >= 0.6 is 0 Å². The normalized spacial score (nSPS) is 11.4. The quantitative estimate of drug-likeness (QED) is 0.301. The van der Waals surface area contributed by atoms with Crippen molar-refractivity contribution in [3.63, 3.8) is 0 Å². The van der Waals surface area contributed by atoms with Crippen molar-refractivity contribution >= 4 is 12.0 Å². The summed E-state index contributed by atoms with van der Waals surface area (Å²) in [5, 5.41) is 2.97. The summed E-state index contributed by atoms with van der Waals surface area (Å²) in [6.07, 6.45) is 3.98. The molecule has 6 nitrogen and oxygen atoms in total. The zero-order valence-electron chi connectivity index (χ0n) is 21.3. The molecule has 0 fully saturated rings. The molecule has 1 unspecified atom stereocenters. The molecule has 4 aromatic rings. The number of ether oxygens (including phenoxy) is 1. The number of aromatic nitrogens is 1. The maximum absolute atomic E-state index is 12.7. The minimum absolute atomic E-state index is 0.0728. The Labute approximate surface area is 217 Å². The Morgan fingerprint density at radius 2 is 1.49 bits per heavy atom. The lowest BCUT2D eigenvalue weighted by Gasteiger charge is -2.17. The molecule has 6 heteroatoms. The Hall–Kier alpha value is -4.45. The average molecular weight is 494 g/mol. The molecule has 0 saturated carbocycles. The molecular weight excluding hydrogens is 462 g/mol. The summed E-state index contributed by atoms with van der Waals surface area (Å²) in [6, 6.07) is 26.9. The molecule has 1 atom stereocenters. The van der Waals surface area contributed by atoms with Crippen LogP contribution in [0.1, 0.15) is 36.2 Å². The van der Waals surface area contributed by atoms with Gasteiger partial charge in [-0.25, -0.2) is 4.79 Å². The number of pyridine rings is 1. The summed E-state index contributed by atoms with van der Waals surface area (Å²) < 4.78 is 5.58. The van der Waals surface area contributed by atoms with Gasteiger partial charge in [0, 0.05) is 37.6 Å². The SMILES string of the molecule is CCC(C)NC(=O)c1ccc(-c2ccc(OC(=O)N(C)Cc3cccc(-c4ccncc4)c3)cc2)cc1. The van der Waals surface area contributed by atoms with Gasteiger partial charge in [0.2, 0.25) is 0 Å². The van der Waals surface area contributed by atoms with E-state index in [1.807, 2.05) is 80.6 Å². The second kappa shape index (κ2) is 12.0. The first-order valence-electron chi connectivity index (χ1n) is 12.4. The van der Waals surface area contributed by atoms with Crippen LogP contribution in [-0.4, -0.2) is 35.0 Å². The van der Waals surface area contributed by atoms with Crippen LogP contribution in [0.15, 0.2) is 97.3 Å². The Morgan fingerprint density at radius 3 is 2.14 bits per heavy atom. The summed E-state index contributed by atoms with van der Waals surface area (Å²) in [5.41, 5.74) is 5.72. The molecular formula is C31H31N3O3. The van der Waals surface area contributed by atoms with Gasteiger partial charge in [0.25, 0.3) is 5.91 Å². The molecule has 0 aliphatic rings. The highest BCUT2D eigenvalue weighted by atomic mass is 16.6. The van der Waals surface area contributed by atoms with Crippen molar-refractivity contribution in [2.75, 3.05) is 7.05 Å². The van der Waals surface area contributed by atoms with Crippen molar-refractivity contribution in [3.8, 4) is 28.0 Å². The highest BCUT2D eigenvalue weighted by Gasteiger charge is 2.13. The van der Waals surface area contributed by atoms with Crippen molar-refractivity contribution in [2.45, 2.75) is 32.9 Å². The maximum Gasteiger partial charge on any atom is 0.415 e. The molecule has 0 aliphatic carbocycles. The molecule has 0 aliphatic heterocycles. The smallest absolute Gasteiger partial charge is 0.410 e. The molecule has 2 amide bonds. The number of carbonyl (C=O) groups is 2. The summed E-state index contributed by atoms with van der Waals surface area (Å²) in [5.74, 6) is 0.395. The maximum atomic E-state index is 12.7. The van der Waals surface area contributed by atoms with Crippen LogP contribution < -0.4 is 10.1 Å². The average Bonchev–Trinajstić information content (AvgIpc) is 2.94. The number of hydrogen-bond donors (Lipinski definition) is 1. The van der Waals surface area contributed by atoms with Crippen LogP contribution in [0, 0.1) is 0 Å². The van der Waals surface area contributed by atoms with Gasteiger partial charge >= 0.3 is 6.09 Å². The molecule has 0 saturated heterocycles. The molecule has 188 valence electrons. The predicted octanol–water partition coefficient (Wildman–Crippen LogP) is 6.57. The van der Waals surface area contributed by atoms with Crippen LogP contribution in [0.2, 0.25) is 0 Å². The fourth-order valence-electron chi connectivity index (χ4n) is 3.85. The van der Waals surface area contributed by atoms with Crippen LogP contribution in [0.4, 0.5) is 4.79 Å². The fraction of sp³-hybridized carbons (Fsp3) is 0.194. The van der Waals surface area contributed by atoms with Gasteiger partial charge in [0.15, 0.2) is 0 Å². The Balaban J connectivity index is 1.35. The van der Waals surface area contributed by atoms with Crippen molar-refractivity contribution in [2.24, 2.45) is 0 Å². The highest BCUT2D eigenvalue weighted by molar-refractivity contribution is 5.94. The minimum Gasteiger partial charge on any atom is -0.410 e. The Morgan fingerprint density at radius 1 is 0.865 bits per heavy atom. The van der Waals surface area contributed by atoms with E-state index in [-0.39, 0.29) is 11.9 Å². The molecule has 4 rings (SSSR count). The lowest BCUT2D eigenvalue weighted by atomic mass is 10.0. The predicted molar refractivity (Wildman–Crippen MR) is 146 cm³/mol. The van der Waals surface area contributed by atoms with Gasteiger partial charge in [0.05, 0.1) is 0 Å². The van der Waals surface area contributed by atoms with E-state index in [0.29, 0.717) is 17.9 Å². The molecule has 0 bridgehead atoms. The second-order valence-corrected chi connectivity index (χ2v) is 9.04. The number of benzene rings is 3. The number of nitrogens with one attached hydrogen (secondary N) is 1. The standard InChI is InChI=1S/C31H31N3O3/c1-4-22(2)33-30(35)27-10-8-24(9-11-27)25-12-14-29(15-13-25)37-31(36)34(3)21-23-6-5-7-28(20-23)26-16-18-32-19-17-26/h5-20,22H,4,21H2,1-3H3,(H,33,35). The first-order valence-corrected chi connectivity index (χ1v) is 12.4. The zero-order valence-corrected chi connectivity index (χ0v) is 21.3. The summed E-state index contributed by atoms with van der Waals surface area (Å²) >= 11 is 0. The number of carbonyl (C=O) groups excluding carboxylic acids is 2. The van der Waals surface area contributed by atoms with E-state index < -0.39 is 6.09 Å². The third kappa shape index (κ3) is 6.82. The third-order valence-electron chi connectivity index (χ3n) is 6.20. The number of amides is 2. The van der Waals surface area contributed by atoms with Gasteiger partial charge in [-0.3, -0.25) is 9.78 Å². The molecule has 0 spiro atoms. The monoisotopic (exact) mass is 493 g/mol. The van der Waals surface area contributed by atoms with Crippen LogP contribution in [0.5, 0.6) is 5.75 Å². The van der Waals surface area contributed by atoms with E-state index in [2.05, 4.69) is 16.4 Å². The molecule has 0 radical (unpaired) electrons. The largest absolute Gasteiger partial charge is 0.415 e. The third-order valence-corrected chi connectivity index (χ3v) is 6.20. The number of rotatable bonds is 8. The van der Waals surface area contributed by atoms with E-state index in [9.17, 15) is 9.59 Å². The molecule has 1 N–H and O–H groups in total. The van der Waals surface area contributed by atoms with Gasteiger partial charge in [-0.1, -0.05) is 49.4 Å². The zero-order chi connectivity index (χ0) is 26.2. The molecule has 3 aromatic carbocycles. The molecule has 1 aromatic heterocycles. The van der Waals surface area contributed by atoms with Gasteiger partial charge in [-0.2, -0.15) is 0 Å². The number of hydrogen-bond acceptors (Lipinski definition) is 4. The highest BCUT2D eigenvalue weighted by Crippen LogP contribution is 2.24. The van der Waals surface area contributed by atoms with Crippen molar-refractivity contribution in [3.05, 3.63) is 108 Å². The van der Waals surface area contributed by atoms with Crippen molar-refractivity contribution in [1.82, 2.24) is 15.2 Å². The van der Waals surface area contributed by atoms with E-state index in [0.717, 1.165) is 34.2 Å². The van der Waals surface area contributed by atoms with E-state index in [1.54, 1.807) is 36.5 Å². The number of nitrogens with zero attached hydrogens (tertiary/aromatic N) is 2. The minimum atomic E-state index is -0.432. The van der Waals surface area contributed by atoms with E-state index >= 15 is 0 Å². The van der Waals surface area contributed by atoms with Crippen molar-refractivity contribution in [1.29, 1.82) is 0 Å². The summed E-state index contributed by atoms with van der Waals surface area (Å²) in [6.45, 7) is 4.45. The van der Waals surface area contributed by atoms with Gasteiger partial charge in [-0.05, 0) is 83.6 Å². The van der Waals surface area contributed by atoms with Gasteiger partial charge in [0.1, 0.15) is 5.75 Å². The Kier molecular flexibility index (Phi) is 8.31. The van der Waals surface area contributed by atoms with Gasteiger partial charge < -0.3 is 15.0 Å².